The Hall–Kier alpha value is -2.74. The summed E-state index contributed by atoms with van der Waals surface area (Å²) in [5.74, 6) is 0.924. The number of carbonyl (C=O) groups excluding carboxylic acids is 1. The second-order valence-corrected chi connectivity index (χ2v) is 12.0. The molecule has 8 heteroatoms. The second kappa shape index (κ2) is 10.8. The first kappa shape index (κ1) is 25.5. The molecule has 2 aliphatic heterocycles. The number of para-hydroxylation sites is 2. The predicted octanol–water partition coefficient (Wildman–Crippen LogP) is 5.05. The predicted molar refractivity (Wildman–Crippen MR) is 146 cm³/mol. The van der Waals surface area contributed by atoms with Gasteiger partial charge in [0.05, 0.1) is 17.6 Å². The molecule has 4 aliphatic rings. The van der Waals surface area contributed by atoms with E-state index >= 15 is 0 Å². The number of ether oxygens (including phenoxy) is 1. The van der Waals surface area contributed by atoms with Crippen molar-refractivity contribution in [1.29, 1.82) is 0 Å². The first-order valence-corrected chi connectivity index (χ1v) is 14.8. The Kier molecular flexibility index (Phi) is 7.25. The zero-order valence-electron chi connectivity index (χ0n) is 22.4. The van der Waals surface area contributed by atoms with Gasteiger partial charge < -0.3 is 14.5 Å². The van der Waals surface area contributed by atoms with Crippen molar-refractivity contribution >= 4 is 22.7 Å². The molecular weight excluding hydrogens is 480 g/mol. The number of esters is 1. The summed E-state index contributed by atoms with van der Waals surface area (Å²) in [6, 6.07) is 9.18. The SMILES string of the molecule is CCOC(=O)/C(=N\O)c1nc2ccccc2n(C2C[C@H]3CCC[C@@H](C2)N3C2CC3CCCCC(C3)C2)c1=O. The van der Waals surface area contributed by atoms with Gasteiger partial charge in [-0.15, -0.1) is 0 Å². The largest absolute Gasteiger partial charge is 0.461 e. The molecule has 1 N–H and O–H groups in total. The first-order chi connectivity index (χ1) is 18.6. The number of fused-ring (bicyclic) bond motifs is 5. The van der Waals surface area contributed by atoms with E-state index in [-0.39, 0.29) is 23.9 Å². The lowest BCUT2D eigenvalue weighted by atomic mass is 9.73. The Bertz CT molecular complexity index is 1240. The molecule has 0 amide bonds. The number of benzene rings is 1. The van der Waals surface area contributed by atoms with E-state index in [1.807, 2.05) is 28.8 Å². The highest BCUT2D eigenvalue weighted by Gasteiger charge is 2.45. The van der Waals surface area contributed by atoms with Crippen molar-refractivity contribution in [3.63, 3.8) is 0 Å². The Morgan fingerprint density at radius 3 is 2.29 bits per heavy atom. The standard InChI is InChI=1S/C30H40N4O4/c1-2-38-30(36)28(32-37)27-29(35)34(26-13-6-5-12-25(26)31-27)24-17-21-10-7-11-22(18-24)33(21)23-15-19-8-3-4-9-20(14-19)16-23/h5-6,12-13,19-24,37H,2-4,7-11,14-18H2,1H3/b32-28-/t19?,20?,21-,22+,23?,24?. The van der Waals surface area contributed by atoms with Gasteiger partial charge >= 0.3 is 5.97 Å². The normalized spacial score (nSPS) is 32.1. The van der Waals surface area contributed by atoms with Crippen molar-refractivity contribution in [3.05, 3.63) is 40.3 Å². The number of piperidine rings is 2. The van der Waals surface area contributed by atoms with Crippen LogP contribution in [-0.4, -0.2) is 56.1 Å². The Balaban J connectivity index is 1.35. The van der Waals surface area contributed by atoms with Crippen molar-refractivity contribution < 1.29 is 14.7 Å². The number of rotatable bonds is 5. The van der Waals surface area contributed by atoms with Crippen molar-refractivity contribution in [1.82, 2.24) is 14.5 Å². The number of hydrogen-bond donors (Lipinski definition) is 1. The van der Waals surface area contributed by atoms with Crippen LogP contribution in [0.25, 0.3) is 11.0 Å². The van der Waals surface area contributed by atoms with Crippen molar-refractivity contribution in [3.8, 4) is 0 Å². The van der Waals surface area contributed by atoms with Crippen LogP contribution in [0.5, 0.6) is 0 Å². The minimum atomic E-state index is -0.841. The van der Waals surface area contributed by atoms with Crippen molar-refractivity contribution in [2.75, 3.05) is 6.61 Å². The highest BCUT2D eigenvalue weighted by Crippen LogP contribution is 2.47. The third-order valence-corrected chi connectivity index (χ3v) is 9.73. The van der Waals surface area contributed by atoms with Crippen LogP contribution in [0.4, 0.5) is 0 Å². The number of carbonyl (C=O) groups is 1. The number of hydrogen-bond acceptors (Lipinski definition) is 7. The van der Waals surface area contributed by atoms with E-state index in [4.69, 9.17) is 4.74 Å². The average Bonchev–Trinajstić information content (AvgIpc) is 3.08. The van der Waals surface area contributed by atoms with E-state index in [1.165, 1.54) is 64.2 Å². The highest BCUT2D eigenvalue weighted by molar-refractivity contribution is 6.42. The van der Waals surface area contributed by atoms with Gasteiger partial charge in [-0.05, 0) is 75.8 Å². The molecule has 0 spiro atoms. The maximum Gasteiger partial charge on any atom is 0.362 e. The molecule has 1 aromatic heterocycles. The van der Waals surface area contributed by atoms with Crippen LogP contribution in [0.15, 0.2) is 34.2 Å². The van der Waals surface area contributed by atoms with E-state index in [9.17, 15) is 14.8 Å². The molecule has 3 heterocycles. The second-order valence-electron chi connectivity index (χ2n) is 12.0. The summed E-state index contributed by atoms with van der Waals surface area (Å²) in [4.78, 5) is 33.8. The Labute approximate surface area is 224 Å². The quantitative estimate of drug-likeness (QED) is 0.256. The summed E-state index contributed by atoms with van der Waals surface area (Å²) >= 11 is 0. The molecule has 4 fully saturated rings. The molecule has 8 nitrogen and oxygen atoms in total. The van der Waals surface area contributed by atoms with Gasteiger partial charge in [0.25, 0.3) is 5.56 Å². The molecular formula is C30H40N4O4. The zero-order chi connectivity index (χ0) is 26.2. The van der Waals surface area contributed by atoms with Crippen molar-refractivity contribution in [2.24, 2.45) is 17.0 Å². The highest BCUT2D eigenvalue weighted by atomic mass is 16.5. The Morgan fingerprint density at radius 1 is 0.947 bits per heavy atom. The molecule has 3 unspecified atom stereocenters. The fourth-order valence-corrected chi connectivity index (χ4v) is 8.36. The molecule has 4 bridgehead atoms. The van der Waals surface area contributed by atoms with Gasteiger partial charge in [-0.1, -0.05) is 49.4 Å². The zero-order valence-corrected chi connectivity index (χ0v) is 22.4. The van der Waals surface area contributed by atoms with Gasteiger partial charge in [0.2, 0.25) is 5.71 Å². The molecule has 2 saturated carbocycles. The van der Waals surface area contributed by atoms with Gasteiger partial charge in [-0.25, -0.2) is 9.78 Å². The first-order valence-electron chi connectivity index (χ1n) is 14.8. The van der Waals surface area contributed by atoms with Gasteiger partial charge in [0.1, 0.15) is 0 Å². The average molecular weight is 521 g/mol. The lowest BCUT2D eigenvalue weighted by molar-refractivity contribution is -0.135. The van der Waals surface area contributed by atoms with E-state index in [2.05, 4.69) is 15.0 Å². The monoisotopic (exact) mass is 520 g/mol. The van der Waals surface area contributed by atoms with Crippen LogP contribution in [-0.2, 0) is 9.53 Å². The van der Waals surface area contributed by atoms with Crippen LogP contribution in [0.1, 0.15) is 95.7 Å². The summed E-state index contributed by atoms with van der Waals surface area (Å²) in [6.45, 7) is 1.79. The van der Waals surface area contributed by atoms with E-state index < -0.39 is 11.7 Å². The van der Waals surface area contributed by atoms with Crippen molar-refractivity contribution in [2.45, 2.75) is 108 Å². The molecule has 2 saturated heterocycles. The fraction of sp³-hybridized carbons (Fsp3) is 0.667. The topological polar surface area (TPSA) is 97.0 Å². The third-order valence-electron chi connectivity index (χ3n) is 9.73. The van der Waals surface area contributed by atoms with Crippen LogP contribution < -0.4 is 5.56 Å². The number of aromatic nitrogens is 2. The molecule has 5 atom stereocenters. The minimum Gasteiger partial charge on any atom is -0.461 e. The van der Waals surface area contributed by atoms with Crippen LogP contribution in [0.2, 0.25) is 0 Å². The summed E-state index contributed by atoms with van der Waals surface area (Å²) in [7, 11) is 0. The molecule has 2 aliphatic carbocycles. The molecule has 1 aromatic carbocycles. The lowest BCUT2D eigenvalue weighted by Gasteiger charge is -2.54. The molecule has 6 rings (SSSR count). The minimum absolute atomic E-state index is 0.00806. The van der Waals surface area contributed by atoms with Gasteiger partial charge in [-0.3, -0.25) is 9.69 Å². The molecule has 2 aromatic rings. The molecule has 0 radical (unpaired) electrons. The summed E-state index contributed by atoms with van der Waals surface area (Å²) in [5.41, 5.74) is 0.413. The van der Waals surface area contributed by atoms with E-state index in [0.717, 1.165) is 30.2 Å². The fourth-order valence-electron chi connectivity index (χ4n) is 8.36. The van der Waals surface area contributed by atoms with Crippen LogP contribution >= 0.6 is 0 Å². The molecule has 204 valence electrons. The van der Waals surface area contributed by atoms with Gasteiger partial charge in [0, 0.05) is 24.2 Å². The van der Waals surface area contributed by atoms with Gasteiger partial charge in [0.15, 0.2) is 5.69 Å². The molecule has 38 heavy (non-hydrogen) atoms. The maximum absolute atomic E-state index is 14.0. The summed E-state index contributed by atoms with van der Waals surface area (Å²) in [5, 5.41) is 12.8. The Morgan fingerprint density at radius 2 is 1.63 bits per heavy atom. The number of nitrogens with zero attached hydrogens (tertiary/aromatic N) is 4. The number of oxime groups is 1. The van der Waals surface area contributed by atoms with E-state index in [1.54, 1.807) is 6.92 Å². The summed E-state index contributed by atoms with van der Waals surface area (Å²) in [6.07, 6.45) is 15.1. The van der Waals surface area contributed by atoms with Crippen LogP contribution in [0, 0.1) is 11.8 Å². The summed E-state index contributed by atoms with van der Waals surface area (Å²) < 4.78 is 6.90. The lowest BCUT2D eigenvalue weighted by Crippen LogP contribution is -2.58. The van der Waals surface area contributed by atoms with E-state index in [0.29, 0.717) is 23.6 Å². The maximum atomic E-state index is 14.0. The smallest absolute Gasteiger partial charge is 0.362 e. The van der Waals surface area contributed by atoms with Gasteiger partial charge in [-0.2, -0.15) is 0 Å². The van der Waals surface area contributed by atoms with Crippen LogP contribution in [0.3, 0.4) is 0 Å². The third kappa shape index (κ3) is 4.65.